The molecular formula is C45H58N8O4. The third kappa shape index (κ3) is 8.24. The van der Waals surface area contributed by atoms with E-state index in [1.165, 1.54) is 0 Å². The number of aromatic amines is 2. The minimum Gasteiger partial charge on any atom is -0.446 e. The number of primary amides is 1. The first kappa shape index (κ1) is 38.9. The Labute approximate surface area is 336 Å². The van der Waals surface area contributed by atoms with E-state index in [9.17, 15) is 14.4 Å². The molecule has 4 aromatic rings. The summed E-state index contributed by atoms with van der Waals surface area (Å²) in [5, 5.41) is 0. The second kappa shape index (κ2) is 17.3. The second-order valence-electron chi connectivity index (χ2n) is 16.5. The largest absolute Gasteiger partial charge is 0.446 e. The lowest BCUT2D eigenvalue weighted by Gasteiger charge is -2.37. The standard InChI is InChI=1S/C45H58N8O4/c1-3-51(4-2)34-23-21-33(22-24-34)43(54)52-25-7-10-38(52)41-47-27-36(49-41)31-17-13-29(14-18-31)30-15-19-32(20-16-30)37-28-48-42(50-37)39-11-8-26-53(39)44(55)35-9-5-6-12-40(35)57-45(46)56/h13-20,27-28,33-35,38-40H,3-12,21-26H2,1-2H3,(H2,46,56)(H,47,49)(H,48,50)/t33?,34?,35-,38?,39?,40+/m0/s1. The van der Waals surface area contributed by atoms with E-state index in [2.05, 4.69) is 82.1 Å². The predicted octanol–water partition coefficient (Wildman–Crippen LogP) is 8.02. The molecule has 57 heavy (non-hydrogen) atoms. The molecule has 0 bridgehead atoms. The maximum absolute atomic E-state index is 13.8. The number of hydrogen-bond acceptors (Lipinski definition) is 7. The molecule has 8 rings (SSSR count). The average molecular weight is 775 g/mol. The quantitative estimate of drug-likeness (QED) is 0.140. The molecule has 2 aliphatic carbocycles. The highest BCUT2D eigenvalue weighted by Gasteiger charge is 2.41. The van der Waals surface area contributed by atoms with Gasteiger partial charge in [-0.2, -0.15) is 0 Å². The van der Waals surface area contributed by atoms with Gasteiger partial charge in [0, 0.05) is 25.0 Å². The maximum Gasteiger partial charge on any atom is 0.404 e. The van der Waals surface area contributed by atoms with Crippen molar-refractivity contribution in [2.75, 3.05) is 26.2 Å². The summed E-state index contributed by atoms with van der Waals surface area (Å²) in [4.78, 5) is 62.2. The highest BCUT2D eigenvalue weighted by molar-refractivity contribution is 5.81. The first-order chi connectivity index (χ1) is 27.8. The Balaban J connectivity index is 0.885. The average Bonchev–Trinajstić information content (AvgIpc) is 4.09. The second-order valence-corrected chi connectivity index (χ2v) is 16.5. The van der Waals surface area contributed by atoms with Crippen LogP contribution >= 0.6 is 0 Å². The summed E-state index contributed by atoms with van der Waals surface area (Å²) in [6.07, 6.45) is 13.5. The van der Waals surface area contributed by atoms with E-state index in [0.29, 0.717) is 31.3 Å². The van der Waals surface area contributed by atoms with Crippen molar-refractivity contribution in [2.45, 2.75) is 115 Å². The number of aromatic nitrogens is 4. The smallest absolute Gasteiger partial charge is 0.404 e. The van der Waals surface area contributed by atoms with Crippen LogP contribution < -0.4 is 5.73 Å². The fraction of sp³-hybridized carbons (Fsp3) is 0.533. The molecular weight excluding hydrogens is 717 g/mol. The predicted molar refractivity (Wildman–Crippen MR) is 219 cm³/mol. The normalized spacial score (nSPS) is 25.2. The molecule has 2 unspecified atom stereocenters. The molecule has 4 heterocycles. The van der Waals surface area contributed by atoms with Gasteiger partial charge in [0.05, 0.1) is 41.8 Å². The van der Waals surface area contributed by atoms with Crippen molar-refractivity contribution in [3.05, 3.63) is 72.6 Å². The number of ether oxygens (including phenoxy) is 1. The zero-order chi connectivity index (χ0) is 39.5. The number of imidazole rings is 2. The van der Waals surface area contributed by atoms with Crippen molar-refractivity contribution in [1.29, 1.82) is 0 Å². The van der Waals surface area contributed by atoms with E-state index in [1.807, 2.05) is 17.3 Å². The van der Waals surface area contributed by atoms with E-state index in [4.69, 9.17) is 20.4 Å². The van der Waals surface area contributed by atoms with Crippen LogP contribution in [-0.2, 0) is 14.3 Å². The number of amides is 3. The number of carbonyl (C=O) groups excluding carboxylic acids is 3. The molecule has 0 spiro atoms. The molecule has 4 atom stereocenters. The lowest BCUT2D eigenvalue weighted by Crippen LogP contribution is -2.44. The minimum atomic E-state index is -0.820. The Morgan fingerprint density at radius 1 is 0.667 bits per heavy atom. The maximum atomic E-state index is 13.8. The molecule has 12 heteroatoms. The number of hydrogen-bond donors (Lipinski definition) is 3. The van der Waals surface area contributed by atoms with Gasteiger partial charge in [0.25, 0.3) is 0 Å². The number of nitrogens with two attached hydrogens (primary N) is 1. The monoisotopic (exact) mass is 774 g/mol. The van der Waals surface area contributed by atoms with Crippen LogP contribution in [0.4, 0.5) is 4.79 Å². The van der Waals surface area contributed by atoms with E-state index < -0.39 is 12.2 Å². The molecule has 2 saturated heterocycles. The van der Waals surface area contributed by atoms with E-state index in [1.54, 1.807) is 0 Å². The number of nitrogens with one attached hydrogen (secondary N) is 2. The van der Waals surface area contributed by atoms with Crippen LogP contribution in [0.1, 0.15) is 115 Å². The zero-order valence-electron chi connectivity index (χ0n) is 33.5. The van der Waals surface area contributed by atoms with Crippen LogP contribution in [0.25, 0.3) is 33.6 Å². The third-order valence-electron chi connectivity index (χ3n) is 13.3. The molecule has 0 radical (unpaired) electrons. The number of likely N-dealkylation sites (tertiary alicyclic amines) is 2. The van der Waals surface area contributed by atoms with E-state index in [-0.39, 0.29) is 29.8 Å². The summed E-state index contributed by atoms with van der Waals surface area (Å²) in [6.45, 7) is 8.09. The Bertz CT molecular complexity index is 2000. The summed E-state index contributed by atoms with van der Waals surface area (Å²) in [7, 11) is 0. The molecule has 2 aromatic heterocycles. The molecule has 2 aliphatic heterocycles. The molecule has 4 fully saturated rings. The lowest BCUT2D eigenvalue weighted by molar-refractivity contribution is -0.142. The summed E-state index contributed by atoms with van der Waals surface area (Å²) < 4.78 is 5.36. The SMILES string of the molecule is CCN(CC)C1CCC(C(=O)N2CCCC2c2ncc(-c3ccc(-c4ccc(-c5cnc(C6CCCN6C(=O)[C@H]6CCCC[C@H]6OC(N)=O)[nH]5)cc4)cc3)[nH]2)CC1. The highest BCUT2D eigenvalue weighted by Crippen LogP contribution is 2.38. The van der Waals surface area contributed by atoms with Gasteiger partial charge in [0.15, 0.2) is 0 Å². The van der Waals surface area contributed by atoms with Gasteiger partial charge in [-0.05, 0) is 106 Å². The lowest BCUT2D eigenvalue weighted by atomic mass is 9.84. The fourth-order valence-corrected chi connectivity index (χ4v) is 10.2. The third-order valence-corrected chi connectivity index (χ3v) is 13.3. The van der Waals surface area contributed by atoms with Crippen LogP contribution in [0, 0.1) is 11.8 Å². The number of carbonyl (C=O) groups is 3. The Hall–Kier alpha value is -4.97. The summed E-state index contributed by atoms with van der Waals surface area (Å²) in [5.41, 5.74) is 11.5. The summed E-state index contributed by atoms with van der Waals surface area (Å²) in [5.74, 6) is 1.76. The van der Waals surface area contributed by atoms with Crippen molar-refractivity contribution in [3.8, 4) is 33.6 Å². The molecule has 3 amide bonds. The Morgan fingerprint density at radius 3 is 1.67 bits per heavy atom. The first-order valence-corrected chi connectivity index (χ1v) is 21.4. The van der Waals surface area contributed by atoms with Crippen molar-refractivity contribution in [2.24, 2.45) is 17.6 Å². The van der Waals surface area contributed by atoms with Gasteiger partial charge in [0.2, 0.25) is 11.8 Å². The van der Waals surface area contributed by atoms with Crippen molar-refractivity contribution in [3.63, 3.8) is 0 Å². The van der Waals surface area contributed by atoms with Crippen molar-refractivity contribution < 1.29 is 19.1 Å². The van der Waals surface area contributed by atoms with E-state index in [0.717, 1.165) is 129 Å². The first-order valence-electron chi connectivity index (χ1n) is 21.4. The Morgan fingerprint density at radius 2 is 1.16 bits per heavy atom. The van der Waals surface area contributed by atoms with Crippen LogP contribution in [-0.4, -0.2) is 90.9 Å². The van der Waals surface area contributed by atoms with Gasteiger partial charge in [-0.1, -0.05) is 68.8 Å². The highest BCUT2D eigenvalue weighted by atomic mass is 16.6. The van der Waals surface area contributed by atoms with Gasteiger partial charge in [-0.25, -0.2) is 14.8 Å². The molecule has 2 saturated carbocycles. The van der Waals surface area contributed by atoms with Gasteiger partial charge in [-0.3, -0.25) is 9.59 Å². The van der Waals surface area contributed by atoms with Gasteiger partial charge in [-0.15, -0.1) is 0 Å². The number of benzene rings is 2. The fourth-order valence-electron chi connectivity index (χ4n) is 10.2. The summed E-state index contributed by atoms with van der Waals surface area (Å²) >= 11 is 0. The molecule has 4 N–H and O–H groups in total. The number of rotatable bonds is 11. The van der Waals surface area contributed by atoms with Crippen molar-refractivity contribution >= 4 is 17.9 Å². The molecule has 4 aliphatic rings. The number of H-pyrrole nitrogens is 2. The van der Waals surface area contributed by atoms with Gasteiger partial charge in [0.1, 0.15) is 17.8 Å². The Kier molecular flexibility index (Phi) is 11.8. The molecule has 2 aromatic carbocycles. The van der Waals surface area contributed by atoms with Gasteiger partial charge >= 0.3 is 6.09 Å². The van der Waals surface area contributed by atoms with Crippen LogP contribution in [0.5, 0.6) is 0 Å². The van der Waals surface area contributed by atoms with Crippen LogP contribution in [0.15, 0.2) is 60.9 Å². The summed E-state index contributed by atoms with van der Waals surface area (Å²) in [6, 6.07) is 17.4. The minimum absolute atomic E-state index is 0.00836. The molecule has 12 nitrogen and oxygen atoms in total. The van der Waals surface area contributed by atoms with Crippen LogP contribution in [0.3, 0.4) is 0 Å². The van der Waals surface area contributed by atoms with Crippen LogP contribution in [0.2, 0.25) is 0 Å². The zero-order valence-corrected chi connectivity index (χ0v) is 33.5. The van der Waals surface area contributed by atoms with Gasteiger partial charge < -0.3 is 35.1 Å². The number of nitrogens with zero attached hydrogens (tertiary/aromatic N) is 5. The van der Waals surface area contributed by atoms with E-state index >= 15 is 0 Å². The van der Waals surface area contributed by atoms with Crippen molar-refractivity contribution in [1.82, 2.24) is 34.6 Å². The topological polar surface area (TPSA) is 154 Å². The molecule has 302 valence electrons.